The van der Waals surface area contributed by atoms with Gasteiger partial charge in [-0.15, -0.1) is 0 Å². The molecule has 0 radical (unpaired) electrons. The number of hydrogen-bond acceptors (Lipinski definition) is 2. The summed E-state index contributed by atoms with van der Waals surface area (Å²) in [4.78, 5) is 14.6. The highest BCUT2D eigenvalue weighted by molar-refractivity contribution is 5.95. The lowest BCUT2D eigenvalue weighted by molar-refractivity contribution is 0.0670. The summed E-state index contributed by atoms with van der Waals surface area (Å²) in [6, 6.07) is 17.6. The van der Waals surface area contributed by atoms with Crippen molar-refractivity contribution in [1.29, 1.82) is 0 Å². The molecule has 1 amide bonds. The highest BCUT2D eigenvalue weighted by Gasteiger charge is 2.32. The van der Waals surface area contributed by atoms with Gasteiger partial charge in [0, 0.05) is 12.1 Å². The predicted molar refractivity (Wildman–Crippen MR) is 126 cm³/mol. The lowest BCUT2D eigenvalue weighted by Crippen LogP contribution is -2.39. The molecule has 4 heteroatoms. The zero-order valence-electron chi connectivity index (χ0n) is 19.2. The second kappa shape index (κ2) is 9.15. The minimum absolute atomic E-state index is 0.131. The molecule has 6 bridgehead atoms. The maximum Gasteiger partial charge on any atom is 0.257 e. The molecule has 7 aliphatic heterocycles. The molecule has 10 rings (SSSR count). The summed E-state index contributed by atoms with van der Waals surface area (Å²) in [5.41, 5.74) is 7.16. The summed E-state index contributed by atoms with van der Waals surface area (Å²) in [7, 11) is 1.66. The lowest BCUT2D eigenvalue weighted by atomic mass is 9.88. The summed E-state index contributed by atoms with van der Waals surface area (Å²) in [5, 5.41) is 0. The van der Waals surface area contributed by atoms with Crippen molar-refractivity contribution in [3.63, 3.8) is 0 Å². The second-order valence-corrected chi connectivity index (χ2v) is 8.63. The average molecular weight is 432 g/mol. The zero-order valence-corrected chi connectivity index (χ0v) is 19.2. The van der Waals surface area contributed by atoms with Crippen molar-refractivity contribution in [1.82, 2.24) is 4.90 Å². The Morgan fingerprint density at radius 2 is 1.81 bits per heavy atom. The van der Waals surface area contributed by atoms with E-state index < -0.39 is 5.82 Å². The van der Waals surface area contributed by atoms with Crippen molar-refractivity contribution in [2.75, 3.05) is 13.7 Å². The third kappa shape index (κ3) is 4.27. The molecular formula is C28H30FNO2. The van der Waals surface area contributed by atoms with Gasteiger partial charge < -0.3 is 9.64 Å². The van der Waals surface area contributed by atoms with Gasteiger partial charge in [-0.25, -0.2) is 4.39 Å². The van der Waals surface area contributed by atoms with E-state index in [1.807, 2.05) is 19.1 Å². The fourth-order valence-electron chi connectivity index (χ4n) is 4.62. The molecule has 166 valence electrons. The Kier molecular flexibility index (Phi) is 6.31. The molecule has 3 nitrogen and oxygen atoms in total. The molecule has 32 heavy (non-hydrogen) atoms. The largest absolute Gasteiger partial charge is 0.496 e. The summed E-state index contributed by atoms with van der Waals surface area (Å²) in [6.07, 6.45) is 2.54. The van der Waals surface area contributed by atoms with Crippen molar-refractivity contribution in [2.45, 2.75) is 46.1 Å². The van der Waals surface area contributed by atoms with Crippen LogP contribution in [0.1, 0.15) is 63.6 Å². The lowest BCUT2D eigenvalue weighted by Gasteiger charge is -2.37. The predicted octanol–water partition coefficient (Wildman–Crippen LogP) is 6.06. The van der Waals surface area contributed by atoms with Crippen molar-refractivity contribution in [3.05, 3.63) is 99.4 Å². The van der Waals surface area contributed by atoms with Gasteiger partial charge in [0.1, 0.15) is 11.6 Å². The van der Waals surface area contributed by atoms with Crippen LogP contribution < -0.4 is 4.74 Å². The smallest absolute Gasteiger partial charge is 0.257 e. The van der Waals surface area contributed by atoms with E-state index in [4.69, 9.17) is 4.74 Å². The molecule has 3 aromatic rings. The van der Waals surface area contributed by atoms with Crippen molar-refractivity contribution in [2.24, 2.45) is 0 Å². The minimum Gasteiger partial charge on any atom is -0.496 e. The summed E-state index contributed by atoms with van der Waals surface area (Å²) in [6.45, 7) is 6.86. The number of nitrogens with zero attached hydrogens (tertiary/aromatic N) is 1. The highest BCUT2D eigenvalue weighted by atomic mass is 19.1. The van der Waals surface area contributed by atoms with Gasteiger partial charge in [-0.1, -0.05) is 48.9 Å². The normalized spacial score (nSPS) is 16.3. The van der Waals surface area contributed by atoms with Gasteiger partial charge in [-0.05, 0) is 73.6 Å². The molecule has 0 saturated carbocycles. The Labute approximate surface area is 189 Å². The van der Waals surface area contributed by atoms with Gasteiger partial charge in [0.15, 0.2) is 0 Å². The number of carbonyl (C=O) groups excluding carboxylic acids is 1. The number of hydrogen-bond donors (Lipinski definition) is 0. The molecule has 3 aromatic carbocycles. The fraction of sp³-hybridized carbons (Fsp3) is 0.321. The second-order valence-electron chi connectivity index (χ2n) is 8.63. The molecule has 1 atom stereocenters. The van der Waals surface area contributed by atoms with Gasteiger partial charge in [-0.3, -0.25) is 4.79 Å². The number of aryl methyl sites for hydroxylation is 2. The Balaban J connectivity index is 0.000000230. The summed E-state index contributed by atoms with van der Waals surface area (Å²) < 4.78 is 20.0. The number of rotatable bonds is 2. The standard InChI is InChI=1S/C19H18FNO2.C9H12/c1-11-18-14-5-6-21(11)19(22)15-4-3-12(9-16(15)20)7-13(8-14)10-17(18)23-2;1-3-9-6-4-8(2)5-7-9/h3-4,8-11H,5-7H2,1-2H3;4-7H,3H2,1-2H3. The van der Waals surface area contributed by atoms with Crippen LogP contribution in [0.3, 0.4) is 0 Å². The quantitative estimate of drug-likeness (QED) is 0.494. The third-order valence-corrected chi connectivity index (χ3v) is 6.48. The van der Waals surface area contributed by atoms with E-state index >= 15 is 0 Å². The Morgan fingerprint density at radius 1 is 1.06 bits per heavy atom. The average Bonchev–Trinajstić information content (AvgIpc) is 2.78. The van der Waals surface area contributed by atoms with Crippen LogP contribution in [-0.2, 0) is 19.3 Å². The number of methoxy groups -OCH3 is 1. The van der Waals surface area contributed by atoms with E-state index in [-0.39, 0.29) is 17.5 Å². The molecule has 7 aliphatic rings. The molecule has 0 aromatic heterocycles. The molecule has 7 heterocycles. The van der Waals surface area contributed by atoms with E-state index in [9.17, 15) is 9.18 Å². The van der Waals surface area contributed by atoms with Crippen LogP contribution in [0.5, 0.6) is 5.75 Å². The van der Waals surface area contributed by atoms with Crippen molar-refractivity contribution in [3.8, 4) is 5.75 Å². The van der Waals surface area contributed by atoms with Gasteiger partial charge in [0.05, 0.1) is 18.7 Å². The molecule has 0 fully saturated rings. The fourth-order valence-corrected chi connectivity index (χ4v) is 4.62. The van der Waals surface area contributed by atoms with Crippen molar-refractivity contribution < 1.29 is 13.9 Å². The Morgan fingerprint density at radius 3 is 2.47 bits per heavy atom. The van der Waals surface area contributed by atoms with E-state index in [1.165, 1.54) is 22.8 Å². The van der Waals surface area contributed by atoms with Gasteiger partial charge in [-0.2, -0.15) is 0 Å². The van der Waals surface area contributed by atoms with Crippen molar-refractivity contribution >= 4 is 5.91 Å². The van der Waals surface area contributed by atoms with Crippen LogP contribution in [-0.4, -0.2) is 24.5 Å². The summed E-state index contributed by atoms with van der Waals surface area (Å²) in [5.74, 6) is 0.129. The molecule has 0 saturated heterocycles. The van der Waals surface area contributed by atoms with Gasteiger partial charge in [0.25, 0.3) is 5.91 Å². The zero-order chi connectivity index (χ0) is 22.8. The van der Waals surface area contributed by atoms with Crippen LogP contribution >= 0.6 is 0 Å². The number of benzene rings is 3. The monoisotopic (exact) mass is 431 g/mol. The number of carbonyl (C=O) groups is 1. The maximum absolute atomic E-state index is 14.4. The van der Waals surface area contributed by atoms with E-state index in [0.717, 1.165) is 35.3 Å². The number of amides is 1. The SMILES string of the molecule is CCc1ccc(C)cc1.COc1cc2cc3c1C(C)N(CC3)C(=O)c1ccc(cc1F)C2. The molecule has 0 aliphatic carbocycles. The van der Waals surface area contributed by atoms with E-state index in [2.05, 4.69) is 44.2 Å². The van der Waals surface area contributed by atoms with Gasteiger partial charge >= 0.3 is 0 Å². The topological polar surface area (TPSA) is 29.5 Å². The third-order valence-electron chi connectivity index (χ3n) is 6.48. The van der Waals surface area contributed by atoms with Crippen LogP contribution in [0.25, 0.3) is 0 Å². The number of ether oxygens (including phenoxy) is 1. The number of halogens is 1. The first-order chi connectivity index (χ1) is 15.4. The van der Waals surface area contributed by atoms with E-state index in [0.29, 0.717) is 13.0 Å². The highest BCUT2D eigenvalue weighted by Crippen LogP contribution is 2.39. The Bertz CT molecular complexity index is 1120. The Hall–Kier alpha value is -3.14. The van der Waals surface area contributed by atoms with Gasteiger partial charge in [0.2, 0.25) is 0 Å². The summed E-state index contributed by atoms with van der Waals surface area (Å²) >= 11 is 0. The van der Waals surface area contributed by atoms with E-state index in [1.54, 1.807) is 18.1 Å². The molecule has 0 spiro atoms. The molecule has 0 N–H and O–H groups in total. The first-order valence-electron chi connectivity index (χ1n) is 11.3. The maximum atomic E-state index is 14.4. The molecular weight excluding hydrogens is 401 g/mol. The first kappa shape index (κ1) is 22.1. The van der Waals surface area contributed by atoms with Crippen LogP contribution in [0.2, 0.25) is 0 Å². The van der Waals surface area contributed by atoms with Crippen LogP contribution in [0.15, 0.2) is 54.6 Å². The van der Waals surface area contributed by atoms with Crippen LogP contribution in [0, 0.1) is 12.7 Å². The minimum atomic E-state index is -0.438. The first-order valence-corrected chi connectivity index (χ1v) is 11.3. The van der Waals surface area contributed by atoms with Crippen LogP contribution in [0.4, 0.5) is 4.39 Å². The molecule has 1 unspecified atom stereocenters.